The molecule has 100 valence electrons. The van der Waals surface area contributed by atoms with Gasteiger partial charge in [-0.05, 0) is 12.1 Å². The Morgan fingerprint density at radius 3 is 2.65 bits per heavy atom. The number of nitrogens with one attached hydrogen (secondary N) is 2. The highest BCUT2D eigenvalue weighted by molar-refractivity contribution is 5.95. The maximum Gasteiger partial charge on any atom is 0.358 e. The molecular weight excluding hydrogens is 260 g/mol. The Kier molecular flexibility index (Phi) is 2.72. The van der Waals surface area contributed by atoms with Crippen LogP contribution < -0.4 is 5.32 Å². The van der Waals surface area contributed by atoms with Crippen molar-refractivity contribution in [3.63, 3.8) is 0 Å². The molecule has 3 rings (SSSR count). The summed E-state index contributed by atoms with van der Waals surface area (Å²) >= 11 is 0. The van der Waals surface area contributed by atoms with E-state index in [1.807, 2.05) is 18.2 Å². The van der Waals surface area contributed by atoms with Gasteiger partial charge >= 0.3 is 5.97 Å². The number of hydrogen-bond donors (Lipinski definition) is 4. The Morgan fingerprint density at radius 1 is 1.20 bits per heavy atom. The zero-order valence-corrected chi connectivity index (χ0v) is 10.2. The number of aromatic hydroxyl groups is 1. The lowest BCUT2D eigenvalue weighted by Gasteiger charge is -2.08. The van der Waals surface area contributed by atoms with Crippen molar-refractivity contribution in [2.75, 3.05) is 5.32 Å². The molecule has 0 radical (unpaired) electrons. The summed E-state index contributed by atoms with van der Waals surface area (Å²) in [5.41, 5.74) is 0.978. The van der Waals surface area contributed by atoms with Crippen molar-refractivity contribution >= 4 is 28.5 Å². The Labute approximate surface area is 112 Å². The number of aromatic amines is 1. The van der Waals surface area contributed by atoms with Crippen LogP contribution in [0.3, 0.4) is 0 Å². The van der Waals surface area contributed by atoms with E-state index in [4.69, 9.17) is 0 Å². The van der Waals surface area contributed by atoms with Crippen molar-refractivity contribution in [1.29, 1.82) is 0 Å². The molecule has 7 nitrogen and oxygen atoms in total. The van der Waals surface area contributed by atoms with Gasteiger partial charge in [-0.2, -0.15) is 0 Å². The standard InChI is InChI=1S/C13H10N4O3/c18-12-9-8(6-14-12)16-10(13(19)20)11(17-9)15-7-4-2-1-3-5-7/h1-6,14,18H,(H,15,17)(H,19,20). The van der Waals surface area contributed by atoms with Crippen molar-refractivity contribution in [3.8, 4) is 5.88 Å². The first-order chi connectivity index (χ1) is 9.65. The molecule has 0 spiro atoms. The summed E-state index contributed by atoms with van der Waals surface area (Å²) in [5, 5.41) is 21.7. The summed E-state index contributed by atoms with van der Waals surface area (Å²) in [6.07, 6.45) is 1.40. The van der Waals surface area contributed by atoms with E-state index in [9.17, 15) is 15.0 Å². The first kappa shape index (κ1) is 12.0. The number of para-hydroxylation sites is 1. The van der Waals surface area contributed by atoms with E-state index in [-0.39, 0.29) is 22.9 Å². The molecular formula is C13H10N4O3. The van der Waals surface area contributed by atoms with Crippen molar-refractivity contribution in [1.82, 2.24) is 15.0 Å². The van der Waals surface area contributed by atoms with Gasteiger partial charge < -0.3 is 20.5 Å². The Hall–Kier alpha value is -3.09. The number of carboxylic acid groups (broad SMARTS) is 1. The lowest BCUT2D eigenvalue weighted by molar-refractivity contribution is 0.0692. The second-order valence-electron chi connectivity index (χ2n) is 4.09. The molecule has 4 N–H and O–H groups in total. The van der Waals surface area contributed by atoms with Crippen LogP contribution in [0.4, 0.5) is 11.5 Å². The van der Waals surface area contributed by atoms with Crippen LogP contribution >= 0.6 is 0 Å². The number of carbonyl (C=O) groups is 1. The summed E-state index contributed by atoms with van der Waals surface area (Å²) in [4.78, 5) is 21.9. The van der Waals surface area contributed by atoms with Crippen LogP contribution in [-0.4, -0.2) is 31.1 Å². The second kappa shape index (κ2) is 4.54. The molecule has 0 fully saturated rings. The number of aromatic carboxylic acids is 1. The Bertz CT molecular complexity index is 783. The fourth-order valence-corrected chi connectivity index (χ4v) is 1.82. The van der Waals surface area contributed by atoms with Gasteiger partial charge in [0.15, 0.2) is 17.0 Å². The van der Waals surface area contributed by atoms with Crippen LogP contribution in [-0.2, 0) is 0 Å². The summed E-state index contributed by atoms with van der Waals surface area (Å²) in [6, 6.07) is 9.00. The molecule has 0 saturated heterocycles. The number of hydrogen-bond acceptors (Lipinski definition) is 5. The SMILES string of the molecule is O=C(O)c1nc2c[nH]c(O)c2nc1Nc1ccccc1. The molecule has 0 amide bonds. The maximum atomic E-state index is 11.2. The van der Waals surface area contributed by atoms with Gasteiger partial charge in [-0.1, -0.05) is 18.2 Å². The van der Waals surface area contributed by atoms with Crippen LogP contribution in [0.25, 0.3) is 11.0 Å². The fraction of sp³-hybridized carbons (Fsp3) is 0. The van der Waals surface area contributed by atoms with Gasteiger partial charge in [-0.3, -0.25) is 0 Å². The third-order valence-electron chi connectivity index (χ3n) is 2.73. The zero-order valence-electron chi connectivity index (χ0n) is 10.2. The number of carboxylic acids is 1. The average Bonchev–Trinajstić information content (AvgIpc) is 2.80. The monoisotopic (exact) mass is 270 g/mol. The van der Waals surface area contributed by atoms with E-state index < -0.39 is 5.97 Å². The van der Waals surface area contributed by atoms with Crippen molar-refractivity contribution in [2.45, 2.75) is 0 Å². The van der Waals surface area contributed by atoms with Gasteiger partial charge in [0.2, 0.25) is 5.88 Å². The molecule has 2 aromatic heterocycles. The normalized spacial score (nSPS) is 10.6. The first-order valence-electron chi connectivity index (χ1n) is 5.78. The summed E-state index contributed by atoms with van der Waals surface area (Å²) in [5.74, 6) is -1.27. The highest BCUT2D eigenvalue weighted by atomic mass is 16.4. The minimum atomic E-state index is -1.20. The molecule has 0 aliphatic carbocycles. The molecule has 0 saturated carbocycles. The van der Waals surface area contributed by atoms with Gasteiger partial charge in [0, 0.05) is 11.9 Å². The van der Waals surface area contributed by atoms with Gasteiger partial charge in [-0.15, -0.1) is 0 Å². The zero-order chi connectivity index (χ0) is 14.1. The maximum absolute atomic E-state index is 11.2. The lowest BCUT2D eigenvalue weighted by atomic mass is 10.3. The van der Waals surface area contributed by atoms with Crippen molar-refractivity contribution < 1.29 is 15.0 Å². The predicted molar refractivity (Wildman–Crippen MR) is 72.2 cm³/mol. The second-order valence-corrected chi connectivity index (χ2v) is 4.09. The molecule has 2 heterocycles. The van der Waals surface area contributed by atoms with E-state index in [0.29, 0.717) is 11.2 Å². The number of nitrogens with zero attached hydrogens (tertiary/aromatic N) is 2. The molecule has 1 aromatic carbocycles. The van der Waals surface area contributed by atoms with Crippen LogP contribution in [0.2, 0.25) is 0 Å². The van der Waals surface area contributed by atoms with Gasteiger partial charge in [0.25, 0.3) is 0 Å². The van der Waals surface area contributed by atoms with Crippen LogP contribution in [0.15, 0.2) is 36.5 Å². The number of H-pyrrole nitrogens is 1. The summed E-state index contributed by atoms with van der Waals surface area (Å²) in [6.45, 7) is 0. The largest absolute Gasteiger partial charge is 0.493 e. The fourth-order valence-electron chi connectivity index (χ4n) is 1.82. The number of benzene rings is 1. The van der Waals surface area contributed by atoms with Crippen molar-refractivity contribution in [3.05, 3.63) is 42.2 Å². The molecule has 3 aromatic rings. The number of aromatic nitrogens is 3. The van der Waals surface area contributed by atoms with E-state index in [2.05, 4.69) is 20.3 Å². The van der Waals surface area contributed by atoms with E-state index in [0.717, 1.165) is 0 Å². The third-order valence-corrected chi connectivity index (χ3v) is 2.73. The number of anilines is 2. The number of fused-ring (bicyclic) bond motifs is 1. The minimum absolute atomic E-state index is 0.0751. The molecule has 20 heavy (non-hydrogen) atoms. The highest BCUT2D eigenvalue weighted by Gasteiger charge is 2.17. The molecule has 0 unspecified atom stereocenters. The smallest absolute Gasteiger partial charge is 0.358 e. The summed E-state index contributed by atoms with van der Waals surface area (Å²) in [7, 11) is 0. The first-order valence-corrected chi connectivity index (χ1v) is 5.78. The molecule has 0 bridgehead atoms. The van der Waals surface area contributed by atoms with Crippen LogP contribution in [0.5, 0.6) is 5.88 Å². The van der Waals surface area contributed by atoms with Gasteiger partial charge in [0.1, 0.15) is 5.52 Å². The molecule has 7 heteroatoms. The average molecular weight is 270 g/mol. The minimum Gasteiger partial charge on any atom is -0.493 e. The molecule has 0 aliphatic rings. The highest BCUT2D eigenvalue weighted by Crippen LogP contribution is 2.25. The van der Waals surface area contributed by atoms with E-state index >= 15 is 0 Å². The van der Waals surface area contributed by atoms with Gasteiger partial charge in [-0.25, -0.2) is 14.8 Å². The van der Waals surface area contributed by atoms with Crippen LogP contribution in [0, 0.1) is 0 Å². The molecule has 0 atom stereocenters. The van der Waals surface area contributed by atoms with E-state index in [1.165, 1.54) is 6.20 Å². The lowest BCUT2D eigenvalue weighted by Crippen LogP contribution is -2.07. The predicted octanol–water partition coefficient (Wildman–Crippen LogP) is 2.11. The Balaban J connectivity index is 2.14. The quantitative estimate of drug-likeness (QED) is 0.580. The van der Waals surface area contributed by atoms with Crippen LogP contribution in [0.1, 0.15) is 10.5 Å². The van der Waals surface area contributed by atoms with Crippen molar-refractivity contribution in [2.24, 2.45) is 0 Å². The molecule has 0 aliphatic heterocycles. The van der Waals surface area contributed by atoms with E-state index in [1.54, 1.807) is 12.1 Å². The third kappa shape index (κ3) is 2.01. The van der Waals surface area contributed by atoms with Gasteiger partial charge in [0.05, 0.1) is 0 Å². The number of rotatable bonds is 3. The summed E-state index contributed by atoms with van der Waals surface area (Å²) < 4.78 is 0. The Morgan fingerprint density at radius 2 is 1.95 bits per heavy atom. The topological polar surface area (TPSA) is 111 Å².